The van der Waals surface area contributed by atoms with Crippen LogP contribution in [0.5, 0.6) is 0 Å². The van der Waals surface area contributed by atoms with E-state index < -0.39 is 0 Å². The monoisotopic (exact) mass is 188 g/mol. The van der Waals surface area contributed by atoms with Gasteiger partial charge in [-0.3, -0.25) is 0 Å². The summed E-state index contributed by atoms with van der Waals surface area (Å²) in [5, 5.41) is 0. The van der Waals surface area contributed by atoms with Crippen LogP contribution in [-0.4, -0.2) is 0 Å². The number of hydrogen-bond acceptors (Lipinski definition) is 0. The Kier molecular flexibility index (Phi) is 4.45. The van der Waals surface area contributed by atoms with Crippen molar-refractivity contribution in [2.75, 3.05) is 0 Å². The van der Waals surface area contributed by atoms with E-state index in [9.17, 15) is 0 Å². The Balaban J connectivity index is 2.73. The maximum atomic E-state index is 2.27. The van der Waals surface area contributed by atoms with Crippen LogP contribution in [0.15, 0.2) is 30.3 Å². The molecule has 0 saturated heterocycles. The summed E-state index contributed by atoms with van der Waals surface area (Å²) >= 11 is 0. The fraction of sp³-hybridized carbons (Fsp3) is 0.429. The molecule has 0 aliphatic rings. The second-order valence-electron chi connectivity index (χ2n) is 3.79. The van der Waals surface area contributed by atoms with Crippen molar-refractivity contribution in [1.82, 2.24) is 0 Å². The first-order chi connectivity index (χ1) is 6.77. The Bertz CT molecular complexity index is 279. The summed E-state index contributed by atoms with van der Waals surface area (Å²) in [5.41, 5.74) is 2.75. The van der Waals surface area contributed by atoms with E-state index in [-0.39, 0.29) is 0 Å². The van der Waals surface area contributed by atoms with Crippen LogP contribution in [0.25, 0.3) is 6.08 Å². The molecule has 0 N–H and O–H groups in total. The first-order valence-corrected chi connectivity index (χ1v) is 5.54. The third-order valence-corrected chi connectivity index (χ3v) is 2.66. The minimum absolute atomic E-state index is 0.680. The molecule has 0 bridgehead atoms. The Morgan fingerprint density at radius 1 is 1.14 bits per heavy atom. The van der Waals surface area contributed by atoms with Gasteiger partial charge in [-0.1, -0.05) is 57.2 Å². The summed E-state index contributed by atoms with van der Waals surface area (Å²) in [6.45, 7) is 6.66. The minimum Gasteiger partial charge on any atom is -0.0842 e. The molecular formula is C14H20. The zero-order valence-corrected chi connectivity index (χ0v) is 9.46. The smallest absolute Gasteiger partial charge is 0.0193 e. The molecule has 1 rings (SSSR count). The zero-order valence-electron chi connectivity index (χ0n) is 9.46. The number of allylic oxidation sites excluding steroid dienone is 1. The van der Waals surface area contributed by atoms with Gasteiger partial charge < -0.3 is 0 Å². The van der Waals surface area contributed by atoms with Crippen molar-refractivity contribution in [1.29, 1.82) is 0 Å². The summed E-state index contributed by atoms with van der Waals surface area (Å²) in [4.78, 5) is 0. The van der Waals surface area contributed by atoms with Gasteiger partial charge in [-0.2, -0.15) is 0 Å². The fourth-order valence-corrected chi connectivity index (χ4v) is 1.43. The highest BCUT2D eigenvalue weighted by Crippen LogP contribution is 2.19. The van der Waals surface area contributed by atoms with Gasteiger partial charge in [-0.15, -0.1) is 0 Å². The molecule has 0 amide bonds. The molecule has 1 aromatic carbocycles. The molecule has 0 heterocycles. The third kappa shape index (κ3) is 3.02. The molecule has 1 atom stereocenters. The van der Waals surface area contributed by atoms with Gasteiger partial charge in [0.15, 0.2) is 0 Å². The van der Waals surface area contributed by atoms with Crippen molar-refractivity contribution in [3.63, 3.8) is 0 Å². The van der Waals surface area contributed by atoms with E-state index in [4.69, 9.17) is 0 Å². The largest absolute Gasteiger partial charge is 0.0842 e. The Hall–Kier alpha value is -1.04. The number of benzene rings is 1. The van der Waals surface area contributed by atoms with Crippen molar-refractivity contribution in [2.45, 2.75) is 39.5 Å². The molecule has 0 spiro atoms. The van der Waals surface area contributed by atoms with E-state index in [1.807, 2.05) is 0 Å². The van der Waals surface area contributed by atoms with Gasteiger partial charge in [0, 0.05) is 0 Å². The van der Waals surface area contributed by atoms with Crippen LogP contribution in [0.2, 0.25) is 0 Å². The van der Waals surface area contributed by atoms with Crippen LogP contribution in [0.3, 0.4) is 0 Å². The van der Waals surface area contributed by atoms with Crippen molar-refractivity contribution < 1.29 is 0 Å². The third-order valence-electron chi connectivity index (χ3n) is 2.66. The Morgan fingerprint density at radius 3 is 2.29 bits per heavy atom. The normalized spacial score (nSPS) is 13.4. The maximum absolute atomic E-state index is 2.27. The standard InChI is InChI=1S/C14H20/c1-4-6-7-13-8-10-14(11-9-13)12(3)5-2/h6-12H,4-5H2,1-3H3/b7-6+. The van der Waals surface area contributed by atoms with E-state index >= 15 is 0 Å². The van der Waals surface area contributed by atoms with Crippen molar-refractivity contribution in [3.8, 4) is 0 Å². The lowest BCUT2D eigenvalue weighted by Crippen LogP contribution is -1.90. The van der Waals surface area contributed by atoms with Gasteiger partial charge in [0.05, 0.1) is 0 Å². The van der Waals surface area contributed by atoms with E-state index in [0.29, 0.717) is 5.92 Å². The van der Waals surface area contributed by atoms with E-state index in [2.05, 4.69) is 57.2 Å². The highest BCUT2D eigenvalue weighted by molar-refractivity contribution is 5.49. The quantitative estimate of drug-likeness (QED) is 0.646. The lowest BCUT2D eigenvalue weighted by molar-refractivity contribution is 0.733. The van der Waals surface area contributed by atoms with Crippen molar-refractivity contribution >= 4 is 6.08 Å². The maximum Gasteiger partial charge on any atom is -0.0193 e. The van der Waals surface area contributed by atoms with Crippen LogP contribution in [0, 0.1) is 0 Å². The van der Waals surface area contributed by atoms with Crippen LogP contribution in [0.1, 0.15) is 50.7 Å². The fourth-order valence-electron chi connectivity index (χ4n) is 1.43. The summed E-state index contributed by atoms with van der Waals surface area (Å²) < 4.78 is 0. The summed E-state index contributed by atoms with van der Waals surface area (Å²) in [7, 11) is 0. The minimum atomic E-state index is 0.680. The van der Waals surface area contributed by atoms with Crippen molar-refractivity contribution in [2.24, 2.45) is 0 Å². The molecule has 0 nitrogen and oxygen atoms in total. The van der Waals surface area contributed by atoms with Gasteiger partial charge in [0.2, 0.25) is 0 Å². The molecule has 0 aliphatic carbocycles. The molecule has 14 heavy (non-hydrogen) atoms. The molecule has 0 heteroatoms. The molecule has 0 saturated carbocycles. The second kappa shape index (κ2) is 5.64. The molecule has 0 aromatic heterocycles. The topological polar surface area (TPSA) is 0 Å². The summed E-state index contributed by atoms with van der Waals surface area (Å²) in [6, 6.07) is 8.88. The Labute approximate surface area is 87.7 Å². The molecule has 1 aromatic rings. The van der Waals surface area contributed by atoms with Crippen LogP contribution in [0.4, 0.5) is 0 Å². The van der Waals surface area contributed by atoms with Crippen molar-refractivity contribution in [3.05, 3.63) is 41.5 Å². The average Bonchev–Trinajstić information content (AvgIpc) is 2.26. The summed E-state index contributed by atoms with van der Waals surface area (Å²) in [5.74, 6) is 0.680. The zero-order chi connectivity index (χ0) is 10.4. The Morgan fingerprint density at radius 2 is 1.79 bits per heavy atom. The lowest BCUT2D eigenvalue weighted by atomic mass is 9.97. The van der Waals surface area contributed by atoms with Crippen LogP contribution < -0.4 is 0 Å². The molecule has 1 unspecified atom stereocenters. The SMILES string of the molecule is CC/C=C/c1ccc(C(C)CC)cc1. The number of rotatable bonds is 4. The van der Waals surface area contributed by atoms with Gasteiger partial charge in [-0.05, 0) is 29.9 Å². The molecule has 0 radical (unpaired) electrons. The number of hydrogen-bond donors (Lipinski definition) is 0. The van der Waals surface area contributed by atoms with E-state index in [0.717, 1.165) is 6.42 Å². The average molecular weight is 188 g/mol. The first kappa shape index (κ1) is 11.0. The van der Waals surface area contributed by atoms with Gasteiger partial charge >= 0.3 is 0 Å². The predicted octanol–water partition coefficient (Wildman–Crippen LogP) is 4.62. The van der Waals surface area contributed by atoms with Crippen LogP contribution >= 0.6 is 0 Å². The molecular weight excluding hydrogens is 168 g/mol. The first-order valence-electron chi connectivity index (χ1n) is 5.54. The van der Waals surface area contributed by atoms with Gasteiger partial charge in [0.25, 0.3) is 0 Å². The van der Waals surface area contributed by atoms with Crippen LogP contribution in [-0.2, 0) is 0 Å². The highest BCUT2D eigenvalue weighted by atomic mass is 14.1. The van der Waals surface area contributed by atoms with Gasteiger partial charge in [-0.25, -0.2) is 0 Å². The van der Waals surface area contributed by atoms with E-state index in [1.54, 1.807) is 0 Å². The van der Waals surface area contributed by atoms with Gasteiger partial charge in [0.1, 0.15) is 0 Å². The molecule has 0 fully saturated rings. The lowest BCUT2D eigenvalue weighted by Gasteiger charge is -2.08. The van der Waals surface area contributed by atoms with E-state index in [1.165, 1.54) is 17.5 Å². The highest BCUT2D eigenvalue weighted by Gasteiger charge is 2.00. The molecule has 0 aliphatic heterocycles. The molecule has 76 valence electrons. The summed E-state index contributed by atoms with van der Waals surface area (Å²) in [6.07, 6.45) is 6.69. The second-order valence-corrected chi connectivity index (χ2v) is 3.79. The predicted molar refractivity (Wildman–Crippen MR) is 64.5 cm³/mol.